The van der Waals surface area contributed by atoms with Crippen molar-refractivity contribution < 1.29 is 19.1 Å². The van der Waals surface area contributed by atoms with Gasteiger partial charge < -0.3 is 9.30 Å². The van der Waals surface area contributed by atoms with Crippen molar-refractivity contribution in [1.82, 2.24) is 4.57 Å². The van der Waals surface area contributed by atoms with E-state index in [1.165, 1.54) is 0 Å². The van der Waals surface area contributed by atoms with Crippen LogP contribution < -0.4 is 0 Å². The predicted molar refractivity (Wildman–Crippen MR) is 102 cm³/mol. The summed E-state index contributed by atoms with van der Waals surface area (Å²) < 4.78 is 6.80. The van der Waals surface area contributed by atoms with Crippen molar-refractivity contribution in [3.8, 4) is 0 Å². The molecule has 0 unspecified atom stereocenters. The van der Waals surface area contributed by atoms with E-state index in [-0.39, 0.29) is 29.7 Å². The van der Waals surface area contributed by atoms with Crippen LogP contribution in [0.25, 0.3) is 17.0 Å². The third-order valence-corrected chi connectivity index (χ3v) is 4.63. The molecule has 3 aromatic rings. The van der Waals surface area contributed by atoms with Crippen molar-refractivity contribution >= 4 is 34.5 Å². The summed E-state index contributed by atoms with van der Waals surface area (Å²) in [6.45, 7) is 2.15. The minimum Gasteiger partial charge on any atom is -0.465 e. The number of Topliss-reactive ketones (excluding diaryl/α,β-unsaturated/α-hetero) is 2. The second-order valence-corrected chi connectivity index (χ2v) is 6.30. The van der Waals surface area contributed by atoms with Crippen molar-refractivity contribution in [2.24, 2.45) is 0 Å². The number of allylic oxidation sites excluding steroid dienone is 1. The van der Waals surface area contributed by atoms with E-state index in [1.807, 2.05) is 24.3 Å². The summed E-state index contributed by atoms with van der Waals surface area (Å²) in [6, 6.07) is 14.4. The maximum absolute atomic E-state index is 12.6. The highest BCUT2D eigenvalue weighted by Gasteiger charge is 2.32. The lowest BCUT2D eigenvalue weighted by molar-refractivity contribution is -0.143. The van der Waals surface area contributed by atoms with Gasteiger partial charge in [0, 0.05) is 33.8 Å². The van der Waals surface area contributed by atoms with Crippen molar-refractivity contribution in [2.45, 2.75) is 13.5 Å². The van der Waals surface area contributed by atoms with Crippen LogP contribution in [0.1, 0.15) is 33.2 Å². The van der Waals surface area contributed by atoms with Crippen molar-refractivity contribution in [3.63, 3.8) is 0 Å². The lowest BCUT2D eigenvalue weighted by Crippen LogP contribution is -2.12. The molecule has 0 atom stereocenters. The van der Waals surface area contributed by atoms with Crippen LogP contribution in [0.2, 0.25) is 0 Å². The minimum absolute atomic E-state index is 0.0691. The highest BCUT2D eigenvalue weighted by molar-refractivity contribution is 6.41. The quantitative estimate of drug-likeness (QED) is 0.405. The van der Waals surface area contributed by atoms with Gasteiger partial charge in [0.05, 0.1) is 12.2 Å². The molecule has 1 heterocycles. The number of esters is 1. The molecule has 0 amide bonds. The zero-order valence-corrected chi connectivity index (χ0v) is 14.8. The fourth-order valence-corrected chi connectivity index (χ4v) is 3.43. The third kappa shape index (κ3) is 2.87. The van der Waals surface area contributed by atoms with Gasteiger partial charge in [0.2, 0.25) is 0 Å². The van der Waals surface area contributed by atoms with Crippen LogP contribution in [0.15, 0.2) is 60.3 Å². The van der Waals surface area contributed by atoms with Gasteiger partial charge >= 0.3 is 5.97 Å². The van der Waals surface area contributed by atoms with Gasteiger partial charge in [-0.1, -0.05) is 42.5 Å². The fraction of sp³-hybridized carbons (Fsp3) is 0.136. The molecule has 1 aliphatic rings. The Labute approximate surface area is 155 Å². The first kappa shape index (κ1) is 17.0. The van der Waals surface area contributed by atoms with Crippen molar-refractivity contribution in [3.05, 3.63) is 77.0 Å². The first-order chi connectivity index (χ1) is 13.1. The van der Waals surface area contributed by atoms with Gasteiger partial charge in [0.1, 0.15) is 6.54 Å². The molecule has 0 radical (unpaired) electrons. The SMILES string of the molecule is CCOC(=O)Cn1cc(C=C2C(=O)c3ccccc3C2=O)c2ccccc21. The molecule has 0 aliphatic heterocycles. The topological polar surface area (TPSA) is 65.4 Å². The van der Waals surface area contributed by atoms with E-state index in [1.54, 1.807) is 48.0 Å². The summed E-state index contributed by atoms with van der Waals surface area (Å²) in [5.41, 5.74) is 2.58. The number of carbonyl (C=O) groups excluding carboxylic acids is 3. The Morgan fingerprint density at radius 3 is 2.30 bits per heavy atom. The number of ketones is 2. The van der Waals surface area contributed by atoms with Gasteiger partial charge in [0.25, 0.3) is 0 Å². The molecular formula is C22H17NO4. The molecule has 0 fully saturated rings. The predicted octanol–water partition coefficient (Wildman–Crippen LogP) is 3.67. The number of rotatable bonds is 4. The molecule has 1 aromatic heterocycles. The zero-order valence-electron chi connectivity index (χ0n) is 14.8. The summed E-state index contributed by atoms with van der Waals surface area (Å²) in [5, 5.41) is 0.867. The summed E-state index contributed by atoms with van der Waals surface area (Å²) in [4.78, 5) is 37.2. The molecule has 0 bridgehead atoms. The van der Waals surface area contributed by atoms with Crippen LogP contribution in [0.4, 0.5) is 0 Å². The largest absolute Gasteiger partial charge is 0.465 e. The monoisotopic (exact) mass is 359 g/mol. The Kier molecular flexibility index (Phi) is 4.20. The number of hydrogen-bond acceptors (Lipinski definition) is 4. The van der Waals surface area contributed by atoms with Gasteiger partial charge in [-0.2, -0.15) is 0 Å². The first-order valence-corrected chi connectivity index (χ1v) is 8.73. The van der Waals surface area contributed by atoms with Gasteiger partial charge in [-0.3, -0.25) is 14.4 Å². The highest BCUT2D eigenvalue weighted by Crippen LogP contribution is 2.30. The Balaban J connectivity index is 1.79. The van der Waals surface area contributed by atoms with Crippen molar-refractivity contribution in [1.29, 1.82) is 0 Å². The van der Waals surface area contributed by atoms with Gasteiger partial charge in [0.15, 0.2) is 11.6 Å². The standard InChI is InChI=1S/C22H17NO4/c1-2-27-20(24)13-23-12-14(15-7-5-6-10-19(15)23)11-18-21(25)16-8-3-4-9-17(16)22(18)26/h3-12H,2,13H2,1H3. The molecule has 0 spiro atoms. The number of aromatic nitrogens is 1. The Morgan fingerprint density at radius 2 is 1.63 bits per heavy atom. The molecule has 5 heteroatoms. The highest BCUT2D eigenvalue weighted by atomic mass is 16.5. The number of carbonyl (C=O) groups is 3. The molecule has 0 saturated carbocycles. The molecule has 1 aliphatic carbocycles. The molecule has 0 N–H and O–H groups in total. The lowest BCUT2D eigenvalue weighted by atomic mass is 10.1. The number of fused-ring (bicyclic) bond motifs is 2. The molecule has 134 valence electrons. The molecule has 4 rings (SSSR count). The number of hydrogen-bond donors (Lipinski definition) is 0. The molecule has 0 saturated heterocycles. The van der Waals surface area contributed by atoms with Crippen LogP contribution in [0.3, 0.4) is 0 Å². The molecule has 2 aromatic carbocycles. The van der Waals surface area contributed by atoms with Crippen LogP contribution >= 0.6 is 0 Å². The van der Waals surface area contributed by atoms with Gasteiger partial charge in [-0.15, -0.1) is 0 Å². The summed E-state index contributed by atoms with van der Waals surface area (Å²) >= 11 is 0. The van der Waals surface area contributed by atoms with E-state index in [9.17, 15) is 14.4 Å². The molecule has 5 nitrogen and oxygen atoms in total. The van der Waals surface area contributed by atoms with Crippen LogP contribution in [0, 0.1) is 0 Å². The van der Waals surface area contributed by atoms with Crippen LogP contribution in [-0.4, -0.2) is 28.7 Å². The number of benzene rings is 2. The van der Waals surface area contributed by atoms with Gasteiger partial charge in [-0.05, 0) is 19.1 Å². The van der Waals surface area contributed by atoms with Crippen molar-refractivity contribution in [2.75, 3.05) is 6.61 Å². The van der Waals surface area contributed by atoms with E-state index in [2.05, 4.69) is 0 Å². The van der Waals surface area contributed by atoms with E-state index < -0.39 is 0 Å². The van der Waals surface area contributed by atoms with Crippen LogP contribution in [0.5, 0.6) is 0 Å². The van der Waals surface area contributed by atoms with Gasteiger partial charge in [-0.25, -0.2) is 0 Å². The minimum atomic E-state index is -0.335. The number of nitrogens with zero attached hydrogens (tertiary/aromatic N) is 1. The van der Waals surface area contributed by atoms with Crippen LogP contribution in [-0.2, 0) is 16.1 Å². The normalized spacial score (nSPS) is 13.1. The first-order valence-electron chi connectivity index (χ1n) is 8.73. The smallest absolute Gasteiger partial charge is 0.325 e. The fourth-order valence-electron chi connectivity index (χ4n) is 3.43. The van der Waals surface area contributed by atoms with E-state index in [0.29, 0.717) is 17.7 Å². The second kappa shape index (κ2) is 6.68. The second-order valence-electron chi connectivity index (χ2n) is 6.30. The third-order valence-electron chi connectivity index (χ3n) is 4.63. The average molecular weight is 359 g/mol. The lowest BCUT2D eigenvalue weighted by Gasteiger charge is -2.04. The average Bonchev–Trinajstić information content (AvgIpc) is 3.13. The van der Waals surface area contributed by atoms with E-state index in [0.717, 1.165) is 16.5 Å². The van der Waals surface area contributed by atoms with E-state index >= 15 is 0 Å². The molecule has 27 heavy (non-hydrogen) atoms. The Hall–Kier alpha value is -3.47. The summed E-state index contributed by atoms with van der Waals surface area (Å²) in [5.74, 6) is -0.867. The summed E-state index contributed by atoms with van der Waals surface area (Å²) in [7, 11) is 0. The Bertz CT molecular complexity index is 1080. The number of ether oxygens (including phenoxy) is 1. The summed E-state index contributed by atoms with van der Waals surface area (Å²) in [6.07, 6.45) is 3.40. The number of para-hydroxylation sites is 1. The molecular weight excluding hydrogens is 342 g/mol. The van der Waals surface area contributed by atoms with E-state index in [4.69, 9.17) is 4.74 Å². The Morgan fingerprint density at radius 1 is 1.00 bits per heavy atom. The zero-order chi connectivity index (χ0) is 19.0. The maximum atomic E-state index is 12.6. The maximum Gasteiger partial charge on any atom is 0.325 e.